The van der Waals surface area contributed by atoms with Crippen LogP contribution in [0.15, 0.2) is 206 Å². The van der Waals surface area contributed by atoms with Gasteiger partial charge in [-0.25, -0.2) is 8.78 Å². The molecule has 0 saturated heterocycles. The van der Waals surface area contributed by atoms with E-state index in [1.54, 1.807) is 18.2 Å². The van der Waals surface area contributed by atoms with Crippen molar-refractivity contribution < 1.29 is 8.78 Å². The maximum Gasteiger partial charge on any atom is 0.179 e. The lowest BCUT2D eigenvalue weighted by Gasteiger charge is -2.34. The summed E-state index contributed by atoms with van der Waals surface area (Å²) in [5, 5.41) is 7.49. The Labute approximate surface area is 309 Å². The normalized spacial score (nSPS) is 14.4. The van der Waals surface area contributed by atoms with Gasteiger partial charge in [0.15, 0.2) is 8.07 Å². The molecule has 9 rings (SSSR count). The third kappa shape index (κ3) is 5.70. The number of para-hydroxylation sites is 1. The fourth-order valence-electron chi connectivity index (χ4n) is 8.22. The molecule has 53 heavy (non-hydrogen) atoms. The van der Waals surface area contributed by atoms with Gasteiger partial charge in [0.1, 0.15) is 11.6 Å². The minimum Gasteiger partial charge on any atom is -0.334 e. The van der Waals surface area contributed by atoms with Crippen molar-refractivity contribution in [3.05, 3.63) is 212 Å². The zero-order valence-electron chi connectivity index (χ0n) is 29.0. The quantitative estimate of drug-likeness (QED) is 0.113. The zero-order valence-corrected chi connectivity index (χ0v) is 30.0. The Morgan fingerprint density at radius 1 is 0.509 bits per heavy atom. The van der Waals surface area contributed by atoms with Crippen LogP contribution >= 0.6 is 0 Å². The van der Waals surface area contributed by atoms with Crippen molar-refractivity contribution in [2.24, 2.45) is 0 Å². The summed E-state index contributed by atoms with van der Waals surface area (Å²) >= 11 is 0. The second-order valence-corrected chi connectivity index (χ2v) is 17.4. The number of halogens is 2. The van der Waals surface area contributed by atoms with Gasteiger partial charge in [-0.3, -0.25) is 0 Å². The third-order valence-corrected chi connectivity index (χ3v) is 15.3. The van der Waals surface area contributed by atoms with Crippen LogP contribution in [0.1, 0.15) is 6.42 Å². The molecule has 0 bridgehead atoms. The monoisotopic (exact) mass is 706 g/mol. The molecule has 2 nitrogen and oxygen atoms in total. The van der Waals surface area contributed by atoms with Crippen LogP contribution in [0.4, 0.5) is 20.2 Å². The first-order chi connectivity index (χ1) is 26.1. The number of anilines is 2. The number of hydrogen-bond acceptors (Lipinski definition) is 1. The van der Waals surface area contributed by atoms with E-state index in [1.165, 1.54) is 39.0 Å². The Morgan fingerprint density at radius 3 is 1.57 bits per heavy atom. The van der Waals surface area contributed by atoms with Crippen LogP contribution in [0.25, 0.3) is 27.5 Å². The molecular formula is C48H36F2N2Si. The fraction of sp³-hybridized carbons (Fsp3) is 0.0417. The highest BCUT2D eigenvalue weighted by atomic mass is 28.3. The van der Waals surface area contributed by atoms with E-state index < -0.39 is 8.07 Å². The molecule has 1 unspecified atom stereocenters. The van der Waals surface area contributed by atoms with E-state index in [2.05, 4.69) is 161 Å². The van der Waals surface area contributed by atoms with Gasteiger partial charge in [-0.2, -0.15) is 0 Å². The van der Waals surface area contributed by atoms with E-state index in [-0.39, 0.29) is 17.7 Å². The number of hydrogen-bond donors (Lipinski definition) is 0. The molecule has 0 radical (unpaired) electrons. The van der Waals surface area contributed by atoms with E-state index in [1.807, 2.05) is 12.1 Å². The Bertz CT molecular complexity index is 2500. The van der Waals surface area contributed by atoms with Crippen LogP contribution in [0.5, 0.6) is 0 Å². The van der Waals surface area contributed by atoms with Crippen molar-refractivity contribution in [2.45, 2.75) is 12.5 Å². The predicted molar refractivity (Wildman–Crippen MR) is 220 cm³/mol. The first-order valence-corrected chi connectivity index (χ1v) is 20.0. The highest BCUT2D eigenvalue weighted by molar-refractivity contribution is 7.20. The summed E-state index contributed by atoms with van der Waals surface area (Å²) in [6.45, 7) is 0. The van der Waals surface area contributed by atoms with Gasteiger partial charge in [0.2, 0.25) is 0 Å². The van der Waals surface area contributed by atoms with Crippen LogP contribution in [0.3, 0.4) is 0 Å². The Morgan fingerprint density at radius 2 is 1.02 bits per heavy atom. The molecule has 0 aliphatic heterocycles. The Hall–Kier alpha value is -6.30. The molecular weight excluding hydrogens is 671 g/mol. The summed E-state index contributed by atoms with van der Waals surface area (Å²) in [7, 11) is -2.81. The zero-order chi connectivity index (χ0) is 35.8. The summed E-state index contributed by atoms with van der Waals surface area (Å²) in [5.74, 6) is -0.534. The molecule has 0 N–H and O–H groups in total. The molecule has 0 amide bonds. The van der Waals surface area contributed by atoms with Crippen LogP contribution in [-0.4, -0.2) is 18.7 Å². The van der Waals surface area contributed by atoms with E-state index in [9.17, 15) is 8.78 Å². The van der Waals surface area contributed by atoms with E-state index in [0.717, 1.165) is 38.9 Å². The fourth-order valence-corrected chi connectivity index (χ4v) is 13.0. The number of nitrogens with zero attached hydrogens (tertiary/aromatic N) is 2. The van der Waals surface area contributed by atoms with Crippen molar-refractivity contribution in [1.82, 2.24) is 4.57 Å². The maximum atomic E-state index is 14.2. The number of allylic oxidation sites excluding steroid dienone is 2. The smallest absolute Gasteiger partial charge is 0.179 e. The molecule has 7 aromatic carbocycles. The van der Waals surface area contributed by atoms with Gasteiger partial charge >= 0.3 is 0 Å². The SMILES string of the molecule is FC1=CCC(N(c2ccc(F)cc2)c2ccc3c(c2)c2cc([Si](c4ccccc4)(c4ccccc4)c4ccccc4)ccc2n3-c2ccccc2)C=C1. The van der Waals surface area contributed by atoms with Crippen molar-refractivity contribution >= 4 is 62.0 Å². The highest BCUT2D eigenvalue weighted by Crippen LogP contribution is 2.38. The average Bonchev–Trinajstić information content (AvgIpc) is 3.54. The van der Waals surface area contributed by atoms with Gasteiger partial charge in [-0.1, -0.05) is 127 Å². The van der Waals surface area contributed by atoms with Crippen LogP contribution in [-0.2, 0) is 0 Å². The molecule has 1 aromatic heterocycles. The maximum absolute atomic E-state index is 14.2. The number of rotatable bonds is 8. The van der Waals surface area contributed by atoms with Gasteiger partial charge in [-0.15, -0.1) is 0 Å². The molecule has 256 valence electrons. The summed E-state index contributed by atoms with van der Waals surface area (Å²) in [6.07, 6.45) is 5.53. The predicted octanol–water partition coefficient (Wildman–Crippen LogP) is 9.62. The van der Waals surface area contributed by atoms with Crippen LogP contribution < -0.4 is 25.6 Å². The van der Waals surface area contributed by atoms with Crippen molar-refractivity contribution in [2.75, 3.05) is 4.90 Å². The van der Waals surface area contributed by atoms with Gasteiger partial charge < -0.3 is 9.47 Å². The molecule has 1 heterocycles. The lowest BCUT2D eigenvalue weighted by atomic mass is 10.0. The standard InChI is InChI=1S/C48H36F2N2Si/c49-35-21-25-38(26-22-35)51(39-27-23-36(50)24-28-39)40-29-31-47-45(33-40)46-34-44(30-32-48(46)52(47)37-13-5-1-6-14-37)53(41-15-7-2-8-16-41,42-17-9-3-10-18-42)43-19-11-4-12-20-43/h1-27,29-34,39H,28H2. The van der Waals surface area contributed by atoms with Gasteiger partial charge in [0, 0.05) is 27.8 Å². The van der Waals surface area contributed by atoms with Crippen molar-refractivity contribution in [3.63, 3.8) is 0 Å². The first-order valence-electron chi connectivity index (χ1n) is 18.0. The molecule has 0 saturated carbocycles. The van der Waals surface area contributed by atoms with Crippen molar-refractivity contribution in [3.8, 4) is 5.69 Å². The molecule has 1 aliphatic carbocycles. The van der Waals surface area contributed by atoms with Gasteiger partial charge in [0.25, 0.3) is 0 Å². The minimum absolute atomic E-state index is 0.148. The summed E-state index contributed by atoms with van der Waals surface area (Å²) in [5.41, 5.74) is 5.07. The summed E-state index contributed by atoms with van der Waals surface area (Å²) in [4.78, 5) is 2.19. The lowest BCUT2D eigenvalue weighted by molar-refractivity contribution is 0.626. The van der Waals surface area contributed by atoms with Gasteiger partial charge in [0.05, 0.1) is 17.1 Å². The van der Waals surface area contributed by atoms with Crippen LogP contribution in [0, 0.1) is 5.82 Å². The van der Waals surface area contributed by atoms with Gasteiger partial charge in [-0.05, 0) is 100.0 Å². The lowest BCUT2D eigenvalue weighted by Crippen LogP contribution is -2.74. The molecule has 5 heteroatoms. The Balaban J connectivity index is 1.34. The largest absolute Gasteiger partial charge is 0.334 e. The topological polar surface area (TPSA) is 8.17 Å². The van der Waals surface area contributed by atoms with Crippen molar-refractivity contribution in [1.29, 1.82) is 0 Å². The number of benzene rings is 7. The molecule has 1 aliphatic rings. The molecule has 0 spiro atoms. The van der Waals surface area contributed by atoms with E-state index in [4.69, 9.17) is 0 Å². The summed E-state index contributed by atoms with van der Waals surface area (Å²) < 4.78 is 30.8. The Kier molecular flexibility index (Phi) is 8.41. The average molecular weight is 707 g/mol. The first kappa shape index (κ1) is 32.6. The number of aromatic nitrogens is 1. The second-order valence-electron chi connectivity index (χ2n) is 13.6. The third-order valence-electron chi connectivity index (χ3n) is 10.6. The van der Waals surface area contributed by atoms with E-state index >= 15 is 0 Å². The van der Waals surface area contributed by atoms with Crippen LogP contribution in [0.2, 0.25) is 0 Å². The molecule has 8 aromatic rings. The minimum atomic E-state index is -2.81. The number of fused-ring (bicyclic) bond motifs is 3. The molecule has 1 atom stereocenters. The summed E-state index contributed by atoms with van der Waals surface area (Å²) in [6, 6.07) is 63.5. The highest BCUT2D eigenvalue weighted by Gasteiger charge is 2.41. The second kappa shape index (κ2) is 13.7. The van der Waals surface area contributed by atoms with E-state index in [0.29, 0.717) is 6.42 Å². The molecule has 0 fully saturated rings.